The Morgan fingerprint density at radius 1 is 1.12 bits per heavy atom. The molecule has 1 aliphatic rings. The van der Waals surface area contributed by atoms with Gasteiger partial charge in [-0.3, -0.25) is 0 Å². The SMILES string of the molecule is Cc1cn2cc(-c3nn4cc(C5CCCCC5)nc4s3)cc(F)c2n1. The lowest BCUT2D eigenvalue weighted by Gasteiger charge is -2.19. The second-order valence-corrected chi connectivity index (χ2v) is 7.78. The molecule has 1 aliphatic carbocycles. The van der Waals surface area contributed by atoms with E-state index >= 15 is 0 Å². The third kappa shape index (κ3) is 2.54. The first-order valence-corrected chi connectivity index (χ1v) is 9.50. The quantitative estimate of drug-likeness (QED) is 0.528. The van der Waals surface area contributed by atoms with Crippen LogP contribution in [0.15, 0.2) is 24.7 Å². The minimum atomic E-state index is -0.332. The summed E-state index contributed by atoms with van der Waals surface area (Å²) >= 11 is 1.50. The Balaban J connectivity index is 1.53. The van der Waals surface area contributed by atoms with Crippen LogP contribution in [0.1, 0.15) is 49.4 Å². The molecule has 4 aromatic heterocycles. The lowest BCUT2D eigenvalue weighted by atomic mass is 9.87. The standard InChI is InChI=1S/C18H18FN5S/c1-11-8-23-9-13(7-14(19)16(23)20-11)17-22-24-10-15(21-18(24)25-17)12-5-3-2-4-6-12/h7-10,12H,2-6H2,1H3. The van der Waals surface area contributed by atoms with E-state index in [2.05, 4.69) is 10.1 Å². The van der Waals surface area contributed by atoms with Crippen molar-refractivity contribution in [2.75, 3.05) is 0 Å². The van der Waals surface area contributed by atoms with E-state index in [-0.39, 0.29) is 5.82 Å². The van der Waals surface area contributed by atoms with E-state index in [1.165, 1.54) is 49.5 Å². The summed E-state index contributed by atoms with van der Waals surface area (Å²) in [4.78, 5) is 9.85. The maximum atomic E-state index is 14.3. The maximum Gasteiger partial charge on any atom is 0.212 e. The average Bonchev–Trinajstić information content (AvgIpc) is 3.27. The number of fused-ring (bicyclic) bond motifs is 2. The summed E-state index contributed by atoms with van der Waals surface area (Å²) in [5.74, 6) is 0.232. The predicted octanol–water partition coefficient (Wildman–Crippen LogP) is 4.60. The molecule has 0 saturated heterocycles. The molecule has 0 amide bonds. The van der Waals surface area contributed by atoms with Gasteiger partial charge in [-0.25, -0.2) is 18.9 Å². The third-order valence-electron chi connectivity index (χ3n) is 4.96. The molecule has 5 rings (SSSR count). The van der Waals surface area contributed by atoms with E-state index in [4.69, 9.17) is 4.98 Å². The van der Waals surface area contributed by atoms with E-state index < -0.39 is 0 Å². The Kier molecular flexibility index (Phi) is 3.38. The van der Waals surface area contributed by atoms with Gasteiger partial charge in [-0.1, -0.05) is 30.6 Å². The van der Waals surface area contributed by atoms with Crippen molar-refractivity contribution in [3.05, 3.63) is 41.9 Å². The molecule has 0 aromatic carbocycles. The number of hydrogen-bond acceptors (Lipinski definition) is 4. The molecule has 7 heteroatoms. The largest absolute Gasteiger partial charge is 0.304 e. The molecule has 0 unspecified atom stereocenters. The van der Waals surface area contributed by atoms with Crippen LogP contribution in [-0.2, 0) is 0 Å². The van der Waals surface area contributed by atoms with Crippen LogP contribution >= 0.6 is 11.3 Å². The molecule has 128 valence electrons. The van der Waals surface area contributed by atoms with Gasteiger partial charge in [0.2, 0.25) is 4.96 Å². The first-order valence-electron chi connectivity index (χ1n) is 8.69. The Morgan fingerprint density at radius 3 is 2.76 bits per heavy atom. The van der Waals surface area contributed by atoms with Gasteiger partial charge in [-0.2, -0.15) is 5.10 Å². The van der Waals surface area contributed by atoms with Crippen LogP contribution < -0.4 is 0 Å². The van der Waals surface area contributed by atoms with Crippen molar-refractivity contribution in [2.45, 2.75) is 44.9 Å². The Bertz CT molecular complexity index is 1040. The molecule has 0 radical (unpaired) electrons. The highest BCUT2D eigenvalue weighted by atomic mass is 32.1. The number of aromatic nitrogens is 5. The Labute approximate surface area is 148 Å². The maximum absolute atomic E-state index is 14.3. The van der Waals surface area contributed by atoms with Gasteiger partial charge in [0.1, 0.15) is 5.01 Å². The van der Waals surface area contributed by atoms with Crippen molar-refractivity contribution in [3.8, 4) is 10.6 Å². The summed E-state index contributed by atoms with van der Waals surface area (Å²) in [6, 6.07) is 1.50. The number of hydrogen-bond donors (Lipinski definition) is 0. The van der Waals surface area contributed by atoms with Crippen LogP contribution in [0.5, 0.6) is 0 Å². The predicted molar refractivity (Wildman–Crippen MR) is 95.6 cm³/mol. The van der Waals surface area contributed by atoms with Gasteiger partial charge in [0, 0.05) is 23.9 Å². The molecule has 0 bridgehead atoms. The van der Waals surface area contributed by atoms with Crippen molar-refractivity contribution in [3.63, 3.8) is 0 Å². The molecule has 4 aromatic rings. The van der Waals surface area contributed by atoms with Crippen molar-refractivity contribution < 1.29 is 4.39 Å². The molecule has 5 nitrogen and oxygen atoms in total. The topological polar surface area (TPSA) is 47.5 Å². The fourth-order valence-corrected chi connectivity index (χ4v) is 4.59. The zero-order chi connectivity index (χ0) is 17.0. The second-order valence-electron chi connectivity index (χ2n) is 6.82. The van der Waals surface area contributed by atoms with Crippen molar-refractivity contribution >= 4 is 21.9 Å². The van der Waals surface area contributed by atoms with Gasteiger partial charge in [-0.15, -0.1) is 0 Å². The van der Waals surface area contributed by atoms with Crippen LogP contribution in [0, 0.1) is 12.7 Å². The summed E-state index contributed by atoms with van der Waals surface area (Å²) < 4.78 is 17.9. The number of imidazole rings is 2. The highest BCUT2D eigenvalue weighted by Crippen LogP contribution is 2.34. The van der Waals surface area contributed by atoms with Gasteiger partial charge in [0.25, 0.3) is 0 Å². The number of pyridine rings is 1. The van der Waals surface area contributed by atoms with Crippen LogP contribution in [-0.4, -0.2) is 24.0 Å². The number of halogens is 1. The zero-order valence-corrected chi connectivity index (χ0v) is 14.8. The van der Waals surface area contributed by atoms with Gasteiger partial charge < -0.3 is 4.40 Å². The highest BCUT2D eigenvalue weighted by Gasteiger charge is 2.20. The smallest absolute Gasteiger partial charge is 0.212 e. The number of rotatable bonds is 2. The van der Waals surface area contributed by atoms with E-state index in [1.54, 1.807) is 4.40 Å². The van der Waals surface area contributed by atoms with E-state index in [1.807, 2.05) is 30.0 Å². The fourth-order valence-electron chi connectivity index (χ4n) is 3.73. The fraction of sp³-hybridized carbons (Fsp3) is 0.389. The van der Waals surface area contributed by atoms with Crippen LogP contribution in [0.4, 0.5) is 4.39 Å². The number of aryl methyl sites for hydroxylation is 1. The van der Waals surface area contributed by atoms with Gasteiger partial charge in [0.15, 0.2) is 11.5 Å². The summed E-state index contributed by atoms with van der Waals surface area (Å²) in [5.41, 5.74) is 3.04. The molecule has 0 N–H and O–H groups in total. The van der Waals surface area contributed by atoms with Crippen molar-refractivity contribution in [2.24, 2.45) is 0 Å². The summed E-state index contributed by atoms with van der Waals surface area (Å²) in [7, 11) is 0. The summed E-state index contributed by atoms with van der Waals surface area (Å²) in [6.45, 7) is 1.86. The molecule has 4 heterocycles. The molecule has 1 fully saturated rings. The average molecular weight is 355 g/mol. The van der Waals surface area contributed by atoms with Gasteiger partial charge in [-0.05, 0) is 25.8 Å². The van der Waals surface area contributed by atoms with Crippen LogP contribution in [0.25, 0.3) is 21.2 Å². The molecular weight excluding hydrogens is 337 g/mol. The first-order chi connectivity index (χ1) is 12.2. The van der Waals surface area contributed by atoms with Crippen LogP contribution in [0.3, 0.4) is 0 Å². The molecule has 0 aliphatic heterocycles. The van der Waals surface area contributed by atoms with E-state index in [9.17, 15) is 4.39 Å². The lowest BCUT2D eigenvalue weighted by Crippen LogP contribution is -2.04. The molecule has 0 spiro atoms. The normalized spacial score (nSPS) is 16.2. The second kappa shape index (κ2) is 5.62. The van der Waals surface area contributed by atoms with E-state index in [0.717, 1.165) is 26.9 Å². The van der Waals surface area contributed by atoms with Gasteiger partial charge in [0.05, 0.1) is 17.6 Å². The van der Waals surface area contributed by atoms with Gasteiger partial charge >= 0.3 is 0 Å². The summed E-state index contributed by atoms with van der Waals surface area (Å²) in [5, 5.41) is 5.39. The summed E-state index contributed by atoms with van der Waals surface area (Å²) in [6.07, 6.45) is 12.1. The van der Waals surface area contributed by atoms with Crippen LogP contribution in [0.2, 0.25) is 0 Å². The monoisotopic (exact) mass is 355 g/mol. The molecular formula is C18H18FN5S. The number of nitrogens with zero attached hydrogens (tertiary/aromatic N) is 5. The van der Waals surface area contributed by atoms with Crippen molar-refractivity contribution in [1.29, 1.82) is 0 Å². The van der Waals surface area contributed by atoms with Crippen molar-refractivity contribution in [1.82, 2.24) is 24.0 Å². The minimum absolute atomic E-state index is 0.332. The molecule has 1 saturated carbocycles. The molecule has 0 atom stereocenters. The third-order valence-corrected chi connectivity index (χ3v) is 5.93. The first kappa shape index (κ1) is 15.0. The zero-order valence-electron chi connectivity index (χ0n) is 13.9. The highest BCUT2D eigenvalue weighted by molar-refractivity contribution is 7.19. The lowest BCUT2D eigenvalue weighted by molar-refractivity contribution is 0.438. The Hall–Kier alpha value is -2.28. The molecule has 25 heavy (non-hydrogen) atoms. The minimum Gasteiger partial charge on any atom is -0.304 e. The Morgan fingerprint density at radius 2 is 1.96 bits per heavy atom. The van der Waals surface area contributed by atoms with E-state index in [0.29, 0.717) is 11.6 Å².